The van der Waals surface area contributed by atoms with Gasteiger partial charge in [0.25, 0.3) is 0 Å². The Bertz CT molecular complexity index is 1100. The highest BCUT2D eigenvalue weighted by Gasteiger charge is 2.43. The van der Waals surface area contributed by atoms with Crippen molar-refractivity contribution in [3.05, 3.63) is 59.7 Å². The van der Waals surface area contributed by atoms with Crippen molar-refractivity contribution in [3.63, 3.8) is 0 Å². The number of carbonyl (C=O) groups is 3. The Morgan fingerprint density at radius 3 is 2.26 bits per heavy atom. The Labute approximate surface area is 205 Å². The SMILES string of the molecule is CC1(C(=O)O)CCN(C(=O)CC(NC(=O)OCC2c3ccccc3-c3ccccc32)C2CCC2)C1. The van der Waals surface area contributed by atoms with E-state index in [1.165, 1.54) is 11.1 Å². The molecule has 5 rings (SSSR count). The zero-order chi connectivity index (χ0) is 24.6. The number of amides is 2. The summed E-state index contributed by atoms with van der Waals surface area (Å²) < 4.78 is 5.71. The zero-order valence-electron chi connectivity index (χ0n) is 20.0. The maximum atomic E-state index is 13.0. The first kappa shape index (κ1) is 23.4. The van der Waals surface area contributed by atoms with Gasteiger partial charge in [-0.2, -0.15) is 0 Å². The number of nitrogens with zero attached hydrogens (tertiary/aromatic N) is 1. The Kier molecular flexibility index (Phi) is 6.26. The third-order valence-corrected chi connectivity index (χ3v) is 8.10. The van der Waals surface area contributed by atoms with Crippen LogP contribution in [0.3, 0.4) is 0 Å². The molecule has 1 aliphatic heterocycles. The molecule has 2 fully saturated rings. The van der Waals surface area contributed by atoms with E-state index >= 15 is 0 Å². The minimum Gasteiger partial charge on any atom is -0.481 e. The lowest BCUT2D eigenvalue weighted by molar-refractivity contribution is -0.147. The maximum absolute atomic E-state index is 13.0. The van der Waals surface area contributed by atoms with E-state index in [2.05, 4.69) is 29.6 Å². The minimum absolute atomic E-state index is 0.0183. The van der Waals surface area contributed by atoms with Crippen molar-refractivity contribution in [3.8, 4) is 11.1 Å². The number of hydrogen-bond acceptors (Lipinski definition) is 4. The van der Waals surface area contributed by atoms with E-state index in [0.29, 0.717) is 13.0 Å². The summed E-state index contributed by atoms with van der Waals surface area (Å²) in [6.45, 7) is 2.56. The highest BCUT2D eigenvalue weighted by atomic mass is 16.5. The summed E-state index contributed by atoms with van der Waals surface area (Å²) in [5.74, 6) is -0.756. The molecule has 2 atom stereocenters. The molecule has 0 spiro atoms. The standard InChI is InChI=1S/C28H32N2O5/c1-28(26(32)33)13-14-30(17-28)25(31)15-24(18-7-6-8-18)29-27(34)35-16-23-21-11-4-2-9-19(21)20-10-3-5-12-22(20)23/h2-5,9-12,18,23-24H,6-8,13-17H2,1H3,(H,29,34)(H,32,33). The molecule has 1 saturated heterocycles. The predicted octanol–water partition coefficient (Wildman–Crippen LogP) is 4.41. The molecular weight excluding hydrogens is 444 g/mol. The van der Waals surface area contributed by atoms with E-state index in [4.69, 9.17) is 4.74 Å². The molecule has 7 nitrogen and oxygen atoms in total. The van der Waals surface area contributed by atoms with Crippen molar-refractivity contribution in [2.24, 2.45) is 11.3 Å². The number of carbonyl (C=O) groups excluding carboxylic acids is 2. The molecule has 0 bridgehead atoms. The number of fused-ring (bicyclic) bond motifs is 3. The van der Waals surface area contributed by atoms with Gasteiger partial charge in [-0.1, -0.05) is 55.0 Å². The summed E-state index contributed by atoms with van der Waals surface area (Å²) in [4.78, 5) is 39.0. The third kappa shape index (κ3) is 4.51. The second-order valence-corrected chi connectivity index (χ2v) is 10.4. The monoisotopic (exact) mass is 476 g/mol. The molecule has 0 aromatic heterocycles. The van der Waals surface area contributed by atoms with E-state index in [-0.39, 0.29) is 43.4 Å². The molecule has 0 radical (unpaired) electrons. The van der Waals surface area contributed by atoms with Gasteiger partial charge >= 0.3 is 12.1 Å². The first-order valence-electron chi connectivity index (χ1n) is 12.5. The number of benzene rings is 2. The molecule has 2 aromatic carbocycles. The van der Waals surface area contributed by atoms with E-state index in [9.17, 15) is 19.5 Å². The maximum Gasteiger partial charge on any atom is 0.407 e. The summed E-state index contributed by atoms with van der Waals surface area (Å²) in [6.07, 6.45) is 3.13. The van der Waals surface area contributed by atoms with Gasteiger partial charge in [-0.05, 0) is 54.4 Å². The Morgan fingerprint density at radius 1 is 1.09 bits per heavy atom. The first-order chi connectivity index (χ1) is 16.9. The van der Waals surface area contributed by atoms with Gasteiger partial charge in [0.2, 0.25) is 5.91 Å². The number of carboxylic acid groups (broad SMARTS) is 1. The number of rotatable bonds is 7. The van der Waals surface area contributed by atoms with E-state index in [0.717, 1.165) is 30.4 Å². The van der Waals surface area contributed by atoms with Crippen LogP contribution < -0.4 is 5.32 Å². The number of hydrogen-bond donors (Lipinski definition) is 2. The van der Waals surface area contributed by atoms with Crippen LogP contribution in [0.2, 0.25) is 0 Å². The fraction of sp³-hybridized carbons (Fsp3) is 0.464. The fourth-order valence-corrected chi connectivity index (χ4v) is 5.63. The van der Waals surface area contributed by atoms with Crippen LogP contribution in [0.1, 0.15) is 56.1 Å². The van der Waals surface area contributed by atoms with Crippen LogP contribution in [-0.2, 0) is 14.3 Å². The van der Waals surface area contributed by atoms with E-state index in [1.54, 1.807) is 11.8 Å². The number of carboxylic acids is 1. The van der Waals surface area contributed by atoms with Crippen LogP contribution in [0, 0.1) is 11.3 Å². The van der Waals surface area contributed by atoms with E-state index in [1.807, 2.05) is 24.3 Å². The third-order valence-electron chi connectivity index (χ3n) is 8.10. The number of alkyl carbamates (subject to hydrolysis) is 1. The van der Waals surface area contributed by atoms with Crippen LogP contribution in [-0.4, -0.2) is 53.7 Å². The predicted molar refractivity (Wildman–Crippen MR) is 131 cm³/mol. The highest BCUT2D eigenvalue weighted by molar-refractivity contribution is 5.82. The number of aliphatic carboxylic acids is 1. The molecule has 184 valence electrons. The Hall–Kier alpha value is -3.35. The van der Waals surface area contributed by atoms with Gasteiger partial charge in [-0.3, -0.25) is 9.59 Å². The summed E-state index contributed by atoms with van der Waals surface area (Å²) in [5.41, 5.74) is 3.76. The molecule has 35 heavy (non-hydrogen) atoms. The minimum atomic E-state index is -0.901. The van der Waals surface area contributed by atoms with Gasteiger partial charge in [0.15, 0.2) is 0 Å². The van der Waals surface area contributed by atoms with Gasteiger partial charge in [-0.25, -0.2) is 4.79 Å². The summed E-state index contributed by atoms with van der Waals surface area (Å²) in [5, 5.41) is 12.4. The van der Waals surface area contributed by atoms with Crippen molar-refractivity contribution in [1.82, 2.24) is 10.2 Å². The highest BCUT2D eigenvalue weighted by Crippen LogP contribution is 2.44. The quantitative estimate of drug-likeness (QED) is 0.617. The molecule has 3 aliphatic rings. The average Bonchev–Trinajstić information content (AvgIpc) is 3.36. The second kappa shape index (κ2) is 9.36. The molecular formula is C28H32N2O5. The van der Waals surface area contributed by atoms with Crippen molar-refractivity contribution >= 4 is 18.0 Å². The summed E-state index contributed by atoms with van der Waals surface area (Å²) >= 11 is 0. The lowest BCUT2D eigenvalue weighted by Gasteiger charge is -2.34. The molecule has 1 saturated carbocycles. The van der Waals surface area contributed by atoms with Crippen LogP contribution >= 0.6 is 0 Å². The fourth-order valence-electron chi connectivity index (χ4n) is 5.63. The topological polar surface area (TPSA) is 95.9 Å². The number of ether oxygens (including phenoxy) is 1. The largest absolute Gasteiger partial charge is 0.481 e. The van der Waals surface area contributed by atoms with Crippen LogP contribution in [0.15, 0.2) is 48.5 Å². The summed E-state index contributed by atoms with van der Waals surface area (Å²) in [6, 6.07) is 16.1. The van der Waals surface area contributed by atoms with Gasteiger partial charge in [0.05, 0.1) is 5.41 Å². The lowest BCUT2D eigenvalue weighted by Crippen LogP contribution is -2.47. The zero-order valence-corrected chi connectivity index (χ0v) is 20.0. The molecule has 7 heteroatoms. The molecule has 1 heterocycles. The molecule has 2 amide bonds. The van der Waals surface area contributed by atoms with Gasteiger partial charge in [0, 0.05) is 31.5 Å². The number of nitrogens with one attached hydrogen (secondary N) is 1. The second-order valence-electron chi connectivity index (χ2n) is 10.4. The van der Waals surface area contributed by atoms with Crippen LogP contribution in [0.25, 0.3) is 11.1 Å². The summed E-state index contributed by atoms with van der Waals surface area (Å²) in [7, 11) is 0. The Morgan fingerprint density at radius 2 is 1.71 bits per heavy atom. The lowest BCUT2D eigenvalue weighted by atomic mass is 9.78. The average molecular weight is 477 g/mol. The molecule has 2 unspecified atom stereocenters. The van der Waals surface area contributed by atoms with E-state index < -0.39 is 17.5 Å². The van der Waals surface area contributed by atoms with Gasteiger partial charge < -0.3 is 20.1 Å². The molecule has 2 aromatic rings. The van der Waals surface area contributed by atoms with Crippen LogP contribution in [0.5, 0.6) is 0 Å². The van der Waals surface area contributed by atoms with Gasteiger partial charge in [-0.15, -0.1) is 0 Å². The normalized spacial score (nSPS) is 22.1. The first-order valence-corrected chi connectivity index (χ1v) is 12.5. The van der Waals surface area contributed by atoms with Crippen molar-refractivity contribution in [2.75, 3.05) is 19.7 Å². The Balaban J connectivity index is 1.21. The van der Waals surface area contributed by atoms with Crippen LogP contribution in [0.4, 0.5) is 4.79 Å². The molecule has 2 N–H and O–H groups in total. The van der Waals surface area contributed by atoms with Crippen molar-refractivity contribution < 1.29 is 24.2 Å². The smallest absolute Gasteiger partial charge is 0.407 e. The van der Waals surface area contributed by atoms with Crippen molar-refractivity contribution in [1.29, 1.82) is 0 Å². The van der Waals surface area contributed by atoms with Crippen molar-refractivity contribution in [2.45, 2.75) is 51.0 Å². The molecule has 2 aliphatic carbocycles. The number of likely N-dealkylation sites (tertiary alicyclic amines) is 1. The van der Waals surface area contributed by atoms with Gasteiger partial charge in [0.1, 0.15) is 6.61 Å².